The third kappa shape index (κ3) is 3.66. The van der Waals surface area contributed by atoms with Gasteiger partial charge in [0.05, 0.1) is 5.69 Å². The summed E-state index contributed by atoms with van der Waals surface area (Å²) < 4.78 is 7.57. The first kappa shape index (κ1) is 16.7. The molecule has 1 fully saturated rings. The molecule has 1 amide bonds. The summed E-state index contributed by atoms with van der Waals surface area (Å²) in [4.78, 5) is 14.2. The van der Waals surface area contributed by atoms with Gasteiger partial charge in [0, 0.05) is 32.5 Å². The Balaban J connectivity index is 1.59. The topological polar surface area (TPSA) is 77.1 Å². The van der Waals surface area contributed by atoms with Crippen molar-refractivity contribution in [1.82, 2.24) is 24.9 Å². The first-order valence-electron chi connectivity index (χ1n) is 8.71. The SMILES string of the molecule is CCn1nc(C)cc1-c1nnc(CCC(=O)N2CCC(C)CC2)o1. The molecule has 0 bridgehead atoms. The van der Waals surface area contributed by atoms with Gasteiger partial charge in [-0.2, -0.15) is 5.10 Å². The summed E-state index contributed by atoms with van der Waals surface area (Å²) in [5.74, 6) is 1.87. The molecular formula is C17H25N5O2. The molecule has 0 spiro atoms. The summed E-state index contributed by atoms with van der Waals surface area (Å²) in [6.45, 7) is 8.67. The lowest BCUT2D eigenvalue weighted by Crippen LogP contribution is -2.38. The normalized spacial score (nSPS) is 15.9. The standard InChI is InChI=1S/C17H25N5O2/c1-4-22-14(11-13(3)20-22)17-19-18-15(24-17)5-6-16(23)21-9-7-12(2)8-10-21/h11-12H,4-10H2,1-3H3. The van der Waals surface area contributed by atoms with E-state index >= 15 is 0 Å². The largest absolute Gasteiger partial charge is 0.419 e. The van der Waals surface area contributed by atoms with Crippen LogP contribution < -0.4 is 0 Å². The molecule has 0 saturated carbocycles. The highest BCUT2D eigenvalue weighted by atomic mass is 16.4. The number of hydrogen-bond acceptors (Lipinski definition) is 5. The van der Waals surface area contributed by atoms with Crippen LogP contribution in [0.15, 0.2) is 10.5 Å². The van der Waals surface area contributed by atoms with E-state index in [0.29, 0.717) is 24.6 Å². The molecule has 0 N–H and O–H groups in total. The summed E-state index contributed by atoms with van der Waals surface area (Å²) in [5.41, 5.74) is 1.74. The molecule has 7 heteroatoms. The minimum atomic E-state index is 0.177. The Morgan fingerprint density at radius 2 is 2.08 bits per heavy atom. The van der Waals surface area contributed by atoms with E-state index in [-0.39, 0.29) is 5.91 Å². The van der Waals surface area contributed by atoms with Crippen molar-refractivity contribution in [2.45, 2.75) is 53.0 Å². The van der Waals surface area contributed by atoms with Crippen LogP contribution in [0.3, 0.4) is 0 Å². The number of aromatic nitrogens is 4. The summed E-state index contributed by atoms with van der Waals surface area (Å²) in [7, 11) is 0. The van der Waals surface area contributed by atoms with Crippen LogP contribution in [-0.4, -0.2) is 43.9 Å². The average Bonchev–Trinajstić information content (AvgIpc) is 3.19. The number of piperidine rings is 1. The summed E-state index contributed by atoms with van der Waals surface area (Å²) in [6.07, 6.45) is 3.09. The molecule has 130 valence electrons. The maximum Gasteiger partial charge on any atom is 0.265 e. The van der Waals surface area contributed by atoms with Crippen LogP contribution in [0.5, 0.6) is 0 Å². The van der Waals surface area contributed by atoms with E-state index in [1.54, 1.807) is 0 Å². The molecule has 0 aliphatic carbocycles. The van der Waals surface area contributed by atoms with E-state index < -0.39 is 0 Å². The Hall–Kier alpha value is -2.18. The maximum atomic E-state index is 12.3. The first-order valence-corrected chi connectivity index (χ1v) is 8.71. The highest BCUT2D eigenvalue weighted by molar-refractivity contribution is 5.76. The summed E-state index contributed by atoms with van der Waals surface area (Å²) in [5, 5.41) is 12.6. The number of amides is 1. The Morgan fingerprint density at radius 1 is 1.33 bits per heavy atom. The minimum absolute atomic E-state index is 0.177. The number of hydrogen-bond donors (Lipinski definition) is 0. The van der Waals surface area contributed by atoms with E-state index in [1.807, 2.05) is 29.5 Å². The number of nitrogens with zero attached hydrogens (tertiary/aromatic N) is 5. The lowest BCUT2D eigenvalue weighted by atomic mass is 9.99. The number of aryl methyl sites for hydroxylation is 3. The molecule has 7 nitrogen and oxygen atoms in total. The van der Waals surface area contributed by atoms with Crippen molar-refractivity contribution in [2.24, 2.45) is 5.92 Å². The lowest BCUT2D eigenvalue weighted by molar-refractivity contribution is -0.132. The van der Waals surface area contributed by atoms with Gasteiger partial charge >= 0.3 is 0 Å². The molecule has 2 aromatic heterocycles. The van der Waals surface area contributed by atoms with Crippen molar-refractivity contribution < 1.29 is 9.21 Å². The van der Waals surface area contributed by atoms with Gasteiger partial charge in [0.1, 0.15) is 5.69 Å². The quantitative estimate of drug-likeness (QED) is 0.841. The van der Waals surface area contributed by atoms with Gasteiger partial charge in [-0.3, -0.25) is 9.48 Å². The number of carbonyl (C=O) groups excluding carboxylic acids is 1. The maximum absolute atomic E-state index is 12.3. The van der Waals surface area contributed by atoms with Crippen molar-refractivity contribution in [3.63, 3.8) is 0 Å². The highest BCUT2D eigenvalue weighted by Gasteiger charge is 2.21. The van der Waals surface area contributed by atoms with Crippen LogP contribution in [0, 0.1) is 12.8 Å². The van der Waals surface area contributed by atoms with Crippen molar-refractivity contribution in [1.29, 1.82) is 0 Å². The first-order chi connectivity index (χ1) is 11.6. The van der Waals surface area contributed by atoms with Crippen molar-refractivity contribution in [2.75, 3.05) is 13.1 Å². The zero-order valence-corrected chi connectivity index (χ0v) is 14.7. The fourth-order valence-electron chi connectivity index (χ4n) is 3.05. The van der Waals surface area contributed by atoms with Gasteiger partial charge in [-0.05, 0) is 38.7 Å². The van der Waals surface area contributed by atoms with Crippen LogP contribution >= 0.6 is 0 Å². The molecule has 1 aliphatic heterocycles. The molecule has 1 saturated heterocycles. The van der Waals surface area contributed by atoms with Crippen molar-refractivity contribution >= 4 is 5.91 Å². The second-order valence-corrected chi connectivity index (χ2v) is 6.55. The molecule has 0 unspecified atom stereocenters. The van der Waals surface area contributed by atoms with Gasteiger partial charge in [-0.1, -0.05) is 6.92 Å². The number of rotatable bonds is 5. The van der Waals surface area contributed by atoms with Crippen LogP contribution in [0.4, 0.5) is 0 Å². The Labute approximate surface area is 142 Å². The summed E-state index contributed by atoms with van der Waals surface area (Å²) in [6, 6.07) is 1.93. The van der Waals surface area contributed by atoms with E-state index in [9.17, 15) is 4.79 Å². The average molecular weight is 331 g/mol. The van der Waals surface area contributed by atoms with Gasteiger partial charge in [-0.25, -0.2) is 0 Å². The van der Waals surface area contributed by atoms with E-state index in [4.69, 9.17) is 4.42 Å². The van der Waals surface area contributed by atoms with Crippen LogP contribution in [0.2, 0.25) is 0 Å². The predicted molar refractivity (Wildman–Crippen MR) is 89.2 cm³/mol. The fourth-order valence-corrected chi connectivity index (χ4v) is 3.05. The van der Waals surface area contributed by atoms with Gasteiger partial charge in [0.2, 0.25) is 11.8 Å². The lowest BCUT2D eigenvalue weighted by Gasteiger charge is -2.30. The van der Waals surface area contributed by atoms with Crippen molar-refractivity contribution in [3.05, 3.63) is 17.7 Å². The van der Waals surface area contributed by atoms with Crippen LogP contribution in [0.25, 0.3) is 11.6 Å². The minimum Gasteiger partial charge on any atom is -0.419 e. The van der Waals surface area contributed by atoms with Gasteiger partial charge in [0.25, 0.3) is 5.89 Å². The monoisotopic (exact) mass is 331 g/mol. The Kier molecular flexibility index (Phi) is 4.97. The van der Waals surface area contributed by atoms with Gasteiger partial charge in [-0.15, -0.1) is 10.2 Å². The Bertz CT molecular complexity index is 698. The Morgan fingerprint density at radius 3 is 2.79 bits per heavy atom. The molecule has 24 heavy (non-hydrogen) atoms. The molecule has 1 aliphatic rings. The number of likely N-dealkylation sites (tertiary alicyclic amines) is 1. The molecule has 2 aromatic rings. The second kappa shape index (κ2) is 7.15. The van der Waals surface area contributed by atoms with Crippen LogP contribution in [0.1, 0.15) is 44.7 Å². The third-order valence-corrected chi connectivity index (χ3v) is 4.58. The van der Waals surface area contributed by atoms with E-state index in [1.165, 1.54) is 0 Å². The molecule has 0 atom stereocenters. The highest BCUT2D eigenvalue weighted by Crippen LogP contribution is 2.20. The molecular weight excluding hydrogens is 306 g/mol. The molecule has 3 rings (SSSR count). The summed E-state index contributed by atoms with van der Waals surface area (Å²) >= 11 is 0. The van der Waals surface area contributed by atoms with E-state index in [2.05, 4.69) is 22.2 Å². The molecule has 0 aromatic carbocycles. The van der Waals surface area contributed by atoms with Crippen LogP contribution in [-0.2, 0) is 17.8 Å². The van der Waals surface area contributed by atoms with E-state index in [0.717, 1.165) is 49.8 Å². The third-order valence-electron chi connectivity index (χ3n) is 4.58. The molecule has 3 heterocycles. The van der Waals surface area contributed by atoms with Crippen molar-refractivity contribution in [3.8, 4) is 11.6 Å². The van der Waals surface area contributed by atoms with Gasteiger partial charge < -0.3 is 9.32 Å². The second-order valence-electron chi connectivity index (χ2n) is 6.55. The zero-order chi connectivity index (χ0) is 17.1. The van der Waals surface area contributed by atoms with Gasteiger partial charge in [0.15, 0.2) is 0 Å². The fraction of sp³-hybridized carbons (Fsp3) is 0.647. The number of carbonyl (C=O) groups is 1. The smallest absolute Gasteiger partial charge is 0.265 e. The molecule has 0 radical (unpaired) electrons. The zero-order valence-electron chi connectivity index (χ0n) is 14.7. The predicted octanol–water partition coefficient (Wildman–Crippen LogP) is 2.45.